The first kappa shape index (κ1) is 39.3. The van der Waals surface area contributed by atoms with Gasteiger partial charge in [0, 0.05) is 61.8 Å². The van der Waals surface area contributed by atoms with Crippen LogP contribution in [0.2, 0.25) is 0 Å². The summed E-state index contributed by atoms with van der Waals surface area (Å²) in [4.78, 5) is 42.1. The van der Waals surface area contributed by atoms with E-state index in [1.807, 2.05) is 66.7 Å². The van der Waals surface area contributed by atoms with Crippen LogP contribution >= 0.6 is 11.8 Å². The zero-order valence-corrected chi connectivity index (χ0v) is 33.3. The summed E-state index contributed by atoms with van der Waals surface area (Å²) < 4.78 is 18.8. The van der Waals surface area contributed by atoms with Crippen LogP contribution in [0.1, 0.15) is 33.7 Å². The van der Waals surface area contributed by atoms with E-state index in [1.165, 1.54) is 39.2 Å². The molecule has 1 heterocycles. The number of ether oxygens (including phenoxy) is 3. The fourth-order valence-electron chi connectivity index (χ4n) is 6.80. The predicted molar refractivity (Wildman–Crippen MR) is 232 cm³/mol. The lowest BCUT2D eigenvalue weighted by atomic mass is 10.1. The number of carbonyl (C=O) groups excluding carboxylic acids is 3. The fraction of sp³-hybridized carbons (Fsp3) is 0.128. The Hall–Kier alpha value is -6.98. The minimum Gasteiger partial charge on any atom is -0.496 e. The summed E-state index contributed by atoms with van der Waals surface area (Å²) in [5, 5.41) is 10.5. The van der Waals surface area contributed by atoms with Gasteiger partial charge < -0.3 is 34.7 Å². The molecule has 0 saturated heterocycles. The molecule has 1 atom stereocenters. The molecular formula is C47H42N4O6S. The van der Waals surface area contributed by atoms with Crippen molar-refractivity contribution in [2.24, 2.45) is 0 Å². The maximum Gasteiger partial charge on any atom is 0.272 e. The maximum absolute atomic E-state index is 14.1. The number of thioether (sulfide) groups is 1. The molecule has 0 saturated carbocycles. The van der Waals surface area contributed by atoms with Crippen molar-refractivity contribution in [1.82, 2.24) is 9.88 Å². The second-order valence-corrected chi connectivity index (χ2v) is 14.4. The zero-order chi connectivity index (χ0) is 40.6. The van der Waals surface area contributed by atoms with E-state index in [9.17, 15) is 14.4 Å². The number of rotatable bonds is 14. The Bertz CT molecular complexity index is 2620. The molecule has 0 spiro atoms. The molecule has 58 heavy (non-hydrogen) atoms. The highest BCUT2D eigenvalue weighted by atomic mass is 32.2. The molecule has 0 aliphatic carbocycles. The average molecular weight is 791 g/mol. The van der Waals surface area contributed by atoms with E-state index < -0.39 is 17.1 Å². The number of amides is 3. The number of hydrogen-bond donors (Lipinski definition) is 3. The van der Waals surface area contributed by atoms with Crippen LogP contribution in [-0.4, -0.2) is 43.6 Å². The lowest BCUT2D eigenvalue weighted by molar-refractivity contribution is -0.116. The van der Waals surface area contributed by atoms with Crippen LogP contribution in [0, 0.1) is 0 Å². The number of anilines is 2. The van der Waals surface area contributed by atoms with E-state index in [4.69, 9.17) is 14.2 Å². The standard InChI is InChI=1S/C47H42N4O6S/c1-5-51-39-19-13-12-18-36(39)37-28-34(22-25-40(37)51)49-47(54)44(30-14-8-6-9-15-30)58-35-23-20-33(21-24-35)48-46(53)38(50-45(52)31-16-10-7-11-17-31)26-32-27-42(56-3)43(57-4)29-41(32)55-2/h6-29,44H,5H2,1-4H3,(H,48,53)(H,49,54)(H,50,52)/b38-26-. The first-order chi connectivity index (χ1) is 28.3. The minimum absolute atomic E-state index is 0.0314. The molecule has 0 bridgehead atoms. The molecule has 0 fully saturated rings. The average Bonchev–Trinajstić information content (AvgIpc) is 3.58. The van der Waals surface area contributed by atoms with Crippen LogP contribution < -0.4 is 30.2 Å². The molecule has 3 N–H and O–H groups in total. The number of fused-ring (bicyclic) bond motifs is 3. The SMILES string of the molecule is CCn1c2ccccc2c2cc(NC(=O)C(Sc3ccc(NC(=O)/C(=C/c4cc(OC)c(OC)cc4OC)NC(=O)c4ccccc4)cc3)c3ccccc3)ccc21. The van der Waals surface area contributed by atoms with Gasteiger partial charge in [-0.1, -0.05) is 66.7 Å². The summed E-state index contributed by atoms with van der Waals surface area (Å²) in [6.45, 7) is 2.96. The number of nitrogens with zero attached hydrogens (tertiary/aromatic N) is 1. The Labute approximate surface area is 340 Å². The first-order valence-corrected chi connectivity index (χ1v) is 19.5. The van der Waals surface area contributed by atoms with Crippen LogP contribution in [0.4, 0.5) is 11.4 Å². The van der Waals surface area contributed by atoms with Crippen molar-refractivity contribution >= 4 is 68.7 Å². The van der Waals surface area contributed by atoms with Crippen molar-refractivity contribution in [2.75, 3.05) is 32.0 Å². The second kappa shape index (κ2) is 17.9. The third kappa shape index (κ3) is 8.54. The third-order valence-electron chi connectivity index (χ3n) is 9.63. The Morgan fingerprint density at radius 2 is 1.28 bits per heavy atom. The highest BCUT2D eigenvalue weighted by Gasteiger charge is 2.24. The van der Waals surface area contributed by atoms with Crippen molar-refractivity contribution in [3.8, 4) is 17.2 Å². The summed E-state index contributed by atoms with van der Waals surface area (Å²) in [6.07, 6.45) is 1.52. The smallest absolute Gasteiger partial charge is 0.272 e. The monoisotopic (exact) mass is 790 g/mol. The predicted octanol–water partition coefficient (Wildman–Crippen LogP) is 9.72. The van der Waals surface area contributed by atoms with Gasteiger partial charge in [0.25, 0.3) is 11.8 Å². The van der Waals surface area contributed by atoms with Crippen molar-refractivity contribution in [3.05, 3.63) is 162 Å². The van der Waals surface area contributed by atoms with Gasteiger partial charge in [-0.3, -0.25) is 14.4 Å². The molecule has 0 aliphatic rings. The van der Waals surface area contributed by atoms with Crippen LogP contribution in [0.25, 0.3) is 27.9 Å². The Balaban J connectivity index is 1.12. The summed E-state index contributed by atoms with van der Waals surface area (Å²) >= 11 is 1.40. The third-order valence-corrected chi connectivity index (χ3v) is 10.9. The van der Waals surface area contributed by atoms with Crippen molar-refractivity contribution in [1.29, 1.82) is 0 Å². The molecule has 1 aromatic heterocycles. The number of para-hydroxylation sites is 1. The number of aryl methyl sites for hydroxylation is 1. The van der Waals surface area contributed by atoms with Crippen LogP contribution in [0.5, 0.6) is 17.2 Å². The lowest BCUT2D eigenvalue weighted by Gasteiger charge is -2.18. The van der Waals surface area contributed by atoms with Gasteiger partial charge in [-0.2, -0.15) is 0 Å². The molecule has 3 amide bonds. The van der Waals surface area contributed by atoms with Gasteiger partial charge in [0.2, 0.25) is 5.91 Å². The fourth-order valence-corrected chi connectivity index (χ4v) is 7.82. The van der Waals surface area contributed by atoms with Gasteiger partial charge in [-0.05, 0) is 85.3 Å². The molecule has 0 aliphatic heterocycles. The summed E-state index contributed by atoms with van der Waals surface area (Å²) in [7, 11) is 4.52. The molecule has 0 radical (unpaired) electrons. The molecule has 1 unspecified atom stereocenters. The van der Waals surface area contributed by atoms with Gasteiger partial charge in [0.15, 0.2) is 11.5 Å². The molecule has 11 heteroatoms. The number of carbonyl (C=O) groups is 3. The van der Waals surface area contributed by atoms with Gasteiger partial charge in [0.1, 0.15) is 16.7 Å². The van der Waals surface area contributed by atoms with Crippen LogP contribution in [0.15, 0.2) is 150 Å². The number of aromatic nitrogens is 1. The number of nitrogens with one attached hydrogen (secondary N) is 3. The molecule has 292 valence electrons. The molecule has 10 nitrogen and oxygen atoms in total. The van der Waals surface area contributed by atoms with Gasteiger partial charge in [-0.25, -0.2) is 0 Å². The van der Waals surface area contributed by atoms with Crippen molar-refractivity contribution in [3.63, 3.8) is 0 Å². The largest absolute Gasteiger partial charge is 0.496 e. The molecule has 7 rings (SSSR count). The van der Waals surface area contributed by atoms with Gasteiger partial charge >= 0.3 is 0 Å². The summed E-state index contributed by atoms with van der Waals surface area (Å²) in [5.41, 5.74) is 5.13. The topological polar surface area (TPSA) is 120 Å². The second-order valence-electron chi connectivity index (χ2n) is 13.2. The van der Waals surface area contributed by atoms with Gasteiger partial charge in [0.05, 0.1) is 21.3 Å². The maximum atomic E-state index is 14.1. The first-order valence-electron chi connectivity index (χ1n) is 18.6. The van der Waals surface area contributed by atoms with E-state index in [0.717, 1.165) is 38.8 Å². The number of benzene rings is 6. The molecule has 7 aromatic rings. The highest BCUT2D eigenvalue weighted by molar-refractivity contribution is 8.00. The molecular weight excluding hydrogens is 749 g/mol. The van der Waals surface area contributed by atoms with Crippen LogP contribution in [0.3, 0.4) is 0 Å². The lowest BCUT2D eigenvalue weighted by Crippen LogP contribution is -2.30. The van der Waals surface area contributed by atoms with Crippen molar-refractivity contribution < 1.29 is 28.6 Å². The van der Waals surface area contributed by atoms with E-state index in [1.54, 1.807) is 54.6 Å². The summed E-state index contributed by atoms with van der Waals surface area (Å²) in [5.74, 6) is 0.0639. The van der Waals surface area contributed by atoms with E-state index in [0.29, 0.717) is 39.8 Å². The van der Waals surface area contributed by atoms with Gasteiger partial charge in [-0.15, -0.1) is 11.8 Å². The highest BCUT2D eigenvalue weighted by Crippen LogP contribution is 2.38. The van der Waals surface area contributed by atoms with E-state index in [2.05, 4.69) is 45.6 Å². The van der Waals surface area contributed by atoms with E-state index >= 15 is 0 Å². The summed E-state index contributed by atoms with van der Waals surface area (Å²) in [6, 6.07) is 43.1. The minimum atomic E-state index is -0.575. The Kier molecular flexibility index (Phi) is 12.1. The Morgan fingerprint density at radius 1 is 0.655 bits per heavy atom. The Morgan fingerprint density at radius 3 is 1.97 bits per heavy atom. The van der Waals surface area contributed by atoms with Crippen LogP contribution in [-0.2, 0) is 16.1 Å². The van der Waals surface area contributed by atoms with E-state index in [-0.39, 0.29) is 11.6 Å². The van der Waals surface area contributed by atoms with Crippen molar-refractivity contribution in [2.45, 2.75) is 23.6 Å². The quantitative estimate of drug-likeness (QED) is 0.0742. The molecule has 6 aromatic carbocycles. The normalized spacial score (nSPS) is 11.8. The zero-order valence-electron chi connectivity index (χ0n) is 32.4. The number of hydrogen-bond acceptors (Lipinski definition) is 7. The number of methoxy groups -OCH3 is 3.